The van der Waals surface area contributed by atoms with Crippen LogP contribution in [0, 0.1) is 6.92 Å². The van der Waals surface area contributed by atoms with E-state index in [-0.39, 0.29) is 12.0 Å². The van der Waals surface area contributed by atoms with Crippen molar-refractivity contribution in [2.75, 3.05) is 19.8 Å². The molecular weight excluding hydrogens is 346 g/mol. The summed E-state index contributed by atoms with van der Waals surface area (Å²) in [4.78, 5) is 14.9. The van der Waals surface area contributed by atoms with Gasteiger partial charge in [-0.2, -0.15) is 5.10 Å². The van der Waals surface area contributed by atoms with Gasteiger partial charge in [0.15, 0.2) is 11.5 Å². The third kappa shape index (κ3) is 3.93. The van der Waals surface area contributed by atoms with Crippen LogP contribution in [0.25, 0.3) is 0 Å². The summed E-state index contributed by atoms with van der Waals surface area (Å²) in [6.45, 7) is 4.69. The molecule has 2 aliphatic heterocycles. The predicted octanol–water partition coefficient (Wildman–Crippen LogP) is 2.21. The molecule has 0 radical (unpaired) electrons. The average Bonchev–Trinajstić information content (AvgIpc) is 3.31. The molecule has 1 atom stereocenters. The minimum Gasteiger partial charge on any atom is -0.486 e. The first-order valence-electron chi connectivity index (χ1n) is 9.38. The Kier molecular flexibility index (Phi) is 5.03. The molecule has 0 N–H and O–H groups in total. The number of fused-ring (bicyclic) bond motifs is 1. The second-order valence-corrected chi connectivity index (χ2v) is 7.07. The van der Waals surface area contributed by atoms with Crippen LogP contribution >= 0.6 is 0 Å². The highest BCUT2D eigenvalue weighted by molar-refractivity contribution is 5.81. The summed E-state index contributed by atoms with van der Waals surface area (Å²) in [5.74, 6) is 1.50. The molecule has 4 rings (SSSR count). The van der Waals surface area contributed by atoms with E-state index in [2.05, 4.69) is 5.10 Å². The molecule has 1 aromatic heterocycles. The lowest BCUT2D eigenvalue weighted by Gasteiger charge is -2.26. The van der Waals surface area contributed by atoms with Crippen LogP contribution in [0.2, 0.25) is 0 Å². The van der Waals surface area contributed by atoms with E-state index in [4.69, 9.17) is 14.2 Å². The van der Waals surface area contributed by atoms with Crippen molar-refractivity contribution in [3.05, 3.63) is 41.2 Å². The van der Waals surface area contributed by atoms with Crippen LogP contribution in [-0.2, 0) is 29.7 Å². The fraction of sp³-hybridized carbons (Fsp3) is 0.500. The van der Waals surface area contributed by atoms with Crippen LogP contribution in [0.3, 0.4) is 0 Å². The van der Waals surface area contributed by atoms with Crippen LogP contribution < -0.4 is 9.47 Å². The number of rotatable bonds is 5. The Morgan fingerprint density at radius 3 is 2.70 bits per heavy atom. The Labute approximate surface area is 158 Å². The highest BCUT2D eigenvalue weighted by atomic mass is 16.6. The first-order valence-corrected chi connectivity index (χ1v) is 9.38. The van der Waals surface area contributed by atoms with E-state index in [1.807, 2.05) is 47.8 Å². The number of nitrogens with zero attached hydrogens (tertiary/aromatic N) is 3. The molecule has 144 valence electrons. The van der Waals surface area contributed by atoms with Crippen LogP contribution in [0.4, 0.5) is 0 Å². The number of aryl methyl sites for hydroxylation is 2. The van der Waals surface area contributed by atoms with Crippen molar-refractivity contribution in [2.24, 2.45) is 7.05 Å². The Balaban J connectivity index is 1.55. The minimum absolute atomic E-state index is 0.0192. The Morgan fingerprint density at radius 2 is 2.00 bits per heavy atom. The first kappa shape index (κ1) is 17.9. The number of carbonyl (C=O) groups excluding carboxylic acids is 1. The van der Waals surface area contributed by atoms with Gasteiger partial charge in [-0.1, -0.05) is 6.07 Å². The summed E-state index contributed by atoms with van der Waals surface area (Å²) in [5, 5.41) is 4.51. The van der Waals surface area contributed by atoms with E-state index in [9.17, 15) is 4.79 Å². The predicted molar refractivity (Wildman–Crippen MR) is 98.6 cm³/mol. The molecule has 7 nitrogen and oxygen atoms in total. The van der Waals surface area contributed by atoms with Crippen molar-refractivity contribution in [1.82, 2.24) is 14.7 Å². The number of hydrogen-bond donors (Lipinski definition) is 0. The fourth-order valence-electron chi connectivity index (χ4n) is 3.50. The molecule has 1 saturated heterocycles. The maximum Gasteiger partial charge on any atom is 0.252 e. The third-order valence-electron chi connectivity index (χ3n) is 5.01. The highest BCUT2D eigenvalue weighted by Crippen LogP contribution is 2.31. The zero-order valence-electron chi connectivity index (χ0n) is 15.8. The summed E-state index contributed by atoms with van der Waals surface area (Å²) in [6.07, 6.45) is 1.35. The van der Waals surface area contributed by atoms with E-state index < -0.39 is 0 Å². The highest BCUT2D eigenvalue weighted by Gasteiger charge is 2.29. The number of aromatic nitrogens is 2. The summed E-state index contributed by atoms with van der Waals surface area (Å²) >= 11 is 0. The first-order chi connectivity index (χ1) is 13.1. The SMILES string of the molecule is Cc1cc(CN(Cc2ccc3c(c2)OCCO3)C(=O)C2CCCO2)nn1C. The molecule has 3 heterocycles. The van der Waals surface area contributed by atoms with Gasteiger partial charge in [0.25, 0.3) is 5.91 Å². The van der Waals surface area contributed by atoms with Crippen molar-refractivity contribution < 1.29 is 19.0 Å². The molecule has 1 unspecified atom stereocenters. The quantitative estimate of drug-likeness (QED) is 0.806. The van der Waals surface area contributed by atoms with Gasteiger partial charge in [0.05, 0.1) is 12.2 Å². The summed E-state index contributed by atoms with van der Waals surface area (Å²) in [7, 11) is 1.91. The molecule has 0 bridgehead atoms. The summed E-state index contributed by atoms with van der Waals surface area (Å²) in [5.41, 5.74) is 2.94. The van der Waals surface area contributed by atoms with Gasteiger partial charge in [-0.3, -0.25) is 9.48 Å². The molecule has 1 amide bonds. The van der Waals surface area contributed by atoms with Crippen molar-refractivity contribution in [1.29, 1.82) is 0 Å². The largest absolute Gasteiger partial charge is 0.486 e. The van der Waals surface area contributed by atoms with Crippen LogP contribution in [0.5, 0.6) is 11.5 Å². The van der Waals surface area contributed by atoms with Crippen molar-refractivity contribution in [2.45, 2.75) is 39.0 Å². The van der Waals surface area contributed by atoms with Crippen LogP contribution in [0.1, 0.15) is 29.8 Å². The summed E-state index contributed by atoms with van der Waals surface area (Å²) < 4.78 is 18.7. The zero-order chi connectivity index (χ0) is 18.8. The number of hydrogen-bond acceptors (Lipinski definition) is 5. The standard InChI is InChI=1S/C20H25N3O4/c1-14-10-16(21-22(14)2)13-23(20(24)18-4-3-7-25-18)12-15-5-6-17-19(11-15)27-9-8-26-17/h5-6,10-11,18H,3-4,7-9,12-13H2,1-2H3. The number of ether oxygens (including phenoxy) is 3. The smallest absolute Gasteiger partial charge is 0.252 e. The maximum absolute atomic E-state index is 13.0. The molecular formula is C20H25N3O4. The number of amides is 1. The number of carbonyl (C=O) groups is 1. The van der Waals surface area contributed by atoms with Gasteiger partial charge in [0.2, 0.25) is 0 Å². The van der Waals surface area contributed by atoms with E-state index in [0.717, 1.165) is 41.3 Å². The van der Waals surface area contributed by atoms with E-state index in [1.165, 1.54) is 0 Å². The molecule has 7 heteroatoms. The lowest BCUT2D eigenvalue weighted by molar-refractivity contribution is -0.142. The van der Waals surface area contributed by atoms with E-state index in [1.54, 1.807) is 0 Å². The lowest BCUT2D eigenvalue weighted by Crippen LogP contribution is -2.38. The third-order valence-corrected chi connectivity index (χ3v) is 5.01. The number of benzene rings is 1. The van der Waals surface area contributed by atoms with Crippen molar-refractivity contribution >= 4 is 5.91 Å². The van der Waals surface area contributed by atoms with Gasteiger partial charge >= 0.3 is 0 Å². The maximum atomic E-state index is 13.0. The molecule has 0 spiro atoms. The Morgan fingerprint density at radius 1 is 1.19 bits per heavy atom. The molecule has 1 aromatic carbocycles. The zero-order valence-corrected chi connectivity index (χ0v) is 15.8. The van der Waals surface area contributed by atoms with Crippen LogP contribution in [0.15, 0.2) is 24.3 Å². The second-order valence-electron chi connectivity index (χ2n) is 7.07. The van der Waals surface area contributed by atoms with Gasteiger partial charge in [-0.05, 0) is 43.5 Å². The monoisotopic (exact) mass is 371 g/mol. The van der Waals surface area contributed by atoms with Gasteiger partial charge in [-0.25, -0.2) is 0 Å². The summed E-state index contributed by atoms with van der Waals surface area (Å²) in [6, 6.07) is 7.85. The molecule has 2 aliphatic rings. The van der Waals surface area contributed by atoms with Gasteiger partial charge in [0, 0.05) is 25.9 Å². The van der Waals surface area contributed by atoms with Gasteiger partial charge in [0.1, 0.15) is 19.3 Å². The normalized spacial score (nSPS) is 18.5. The molecule has 0 aliphatic carbocycles. The minimum atomic E-state index is -0.355. The van der Waals surface area contributed by atoms with E-state index >= 15 is 0 Å². The molecule has 2 aromatic rings. The van der Waals surface area contributed by atoms with Crippen molar-refractivity contribution in [3.8, 4) is 11.5 Å². The van der Waals surface area contributed by atoms with Gasteiger partial charge < -0.3 is 19.1 Å². The topological polar surface area (TPSA) is 65.8 Å². The Bertz CT molecular complexity index is 807. The van der Waals surface area contributed by atoms with Crippen LogP contribution in [-0.4, -0.2) is 46.5 Å². The average molecular weight is 371 g/mol. The molecule has 1 fully saturated rings. The fourth-order valence-corrected chi connectivity index (χ4v) is 3.50. The van der Waals surface area contributed by atoms with Gasteiger partial charge in [-0.15, -0.1) is 0 Å². The van der Waals surface area contributed by atoms with Crippen molar-refractivity contribution in [3.63, 3.8) is 0 Å². The van der Waals surface area contributed by atoms with E-state index in [0.29, 0.717) is 32.9 Å². The molecule has 27 heavy (non-hydrogen) atoms. The Hall–Kier alpha value is -2.54. The second kappa shape index (κ2) is 7.60. The lowest BCUT2D eigenvalue weighted by atomic mass is 10.1. The molecule has 0 saturated carbocycles.